The van der Waals surface area contributed by atoms with Crippen LogP contribution in [0.15, 0.2) is 53.4 Å². The highest BCUT2D eigenvalue weighted by molar-refractivity contribution is 6.37. The fourth-order valence-electron chi connectivity index (χ4n) is 2.17. The largest absolute Gasteiger partial charge is 0.494 e. The number of hydrogen-bond acceptors (Lipinski definition) is 4. The minimum atomic E-state index is -0.325. The van der Waals surface area contributed by atoms with Gasteiger partial charge in [0.15, 0.2) is 17.9 Å². The third-order valence-corrected chi connectivity index (χ3v) is 3.89. The predicted molar refractivity (Wildman–Crippen MR) is 92.9 cm³/mol. The van der Waals surface area contributed by atoms with Gasteiger partial charge in [0, 0.05) is 16.8 Å². The quantitative estimate of drug-likeness (QED) is 0.715. The third-order valence-electron chi connectivity index (χ3n) is 3.32. The number of oxazole rings is 1. The van der Waals surface area contributed by atoms with Gasteiger partial charge in [-0.3, -0.25) is 4.79 Å². The molecule has 0 saturated heterocycles. The van der Waals surface area contributed by atoms with Crippen molar-refractivity contribution < 1.29 is 13.9 Å². The lowest BCUT2D eigenvalue weighted by molar-refractivity contribution is 0.102. The molecule has 0 aliphatic heterocycles. The van der Waals surface area contributed by atoms with E-state index < -0.39 is 0 Å². The Kier molecular flexibility index (Phi) is 4.74. The molecule has 0 bridgehead atoms. The molecule has 1 N–H and O–H groups in total. The molecule has 0 aliphatic rings. The summed E-state index contributed by atoms with van der Waals surface area (Å²) in [6.45, 7) is 0. The number of amides is 1. The first-order valence-electron chi connectivity index (χ1n) is 6.92. The Morgan fingerprint density at radius 1 is 1.17 bits per heavy atom. The van der Waals surface area contributed by atoms with E-state index in [1.54, 1.807) is 18.3 Å². The zero-order valence-corrected chi connectivity index (χ0v) is 14.1. The molecule has 0 spiro atoms. The molecule has 7 heteroatoms. The number of carbonyl (C=O) groups excluding carboxylic acids is 1. The number of aromatic nitrogens is 1. The fraction of sp³-hybridized carbons (Fsp3) is 0.0588. The maximum Gasteiger partial charge on any atom is 0.255 e. The summed E-state index contributed by atoms with van der Waals surface area (Å²) in [5.41, 5.74) is 1.83. The SMILES string of the molecule is COc1c(Cl)cc(C(=O)Nc2ccc(-c3cnco3)cc2)cc1Cl. The van der Waals surface area contributed by atoms with Gasteiger partial charge in [-0.25, -0.2) is 4.98 Å². The average molecular weight is 363 g/mol. The van der Waals surface area contributed by atoms with E-state index >= 15 is 0 Å². The van der Waals surface area contributed by atoms with Gasteiger partial charge in [0.25, 0.3) is 5.91 Å². The van der Waals surface area contributed by atoms with Gasteiger partial charge in [-0.05, 0) is 36.4 Å². The highest BCUT2D eigenvalue weighted by Gasteiger charge is 2.14. The van der Waals surface area contributed by atoms with Crippen molar-refractivity contribution in [3.63, 3.8) is 0 Å². The summed E-state index contributed by atoms with van der Waals surface area (Å²) in [6.07, 6.45) is 2.98. The zero-order valence-electron chi connectivity index (χ0n) is 12.5. The first-order chi connectivity index (χ1) is 11.6. The minimum absolute atomic E-state index is 0.274. The van der Waals surface area contributed by atoms with Crippen LogP contribution >= 0.6 is 23.2 Å². The van der Waals surface area contributed by atoms with Crippen molar-refractivity contribution in [3.8, 4) is 17.1 Å². The molecular weight excluding hydrogens is 351 g/mol. The first-order valence-corrected chi connectivity index (χ1v) is 7.67. The minimum Gasteiger partial charge on any atom is -0.494 e. The van der Waals surface area contributed by atoms with E-state index in [1.807, 2.05) is 12.1 Å². The number of rotatable bonds is 4. The monoisotopic (exact) mass is 362 g/mol. The Hall–Kier alpha value is -2.50. The van der Waals surface area contributed by atoms with E-state index in [0.717, 1.165) is 5.56 Å². The van der Waals surface area contributed by atoms with Crippen LogP contribution in [-0.4, -0.2) is 18.0 Å². The van der Waals surface area contributed by atoms with E-state index in [0.29, 0.717) is 22.8 Å². The van der Waals surface area contributed by atoms with Crippen molar-refractivity contribution in [2.45, 2.75) is 0 Å². The van der Waals surface area contributed by atoms with Crippen LogP contribution in [0.5, 0.6) is 5.75 Å². The number of halogens is 2. The number of methoxy groups -OCH3 is 1. The summed E-state index contributed by atoms with van der Waals surface area (Å²) in [7, 11) is 1.46. The number of hydrogen-bond donors (Lipinski definition) is 1. The zero-order chi connectivity index (χ0) is 17.1. The lowest BCUT2D eigenvalue weighted by Gasteiger charge is -2.09. The molecule has 24 heavy (non-hydrogen) atoms. The lowest BCUT2D eigenvalue weighted by atomic mass is 10.1. The van der Waals surface area contributed by atoms with E-state index in [2.05, 4.69) is 10.3 Å². The molecule has 0 fully saturated rings. The average Bonchev–Trinajstić information content (AvgIpc) is 3.09. The van der Waals surface area contributed by atoms with Crippen molar-refractivity contribution in [2.24, 2.45) is 0 Å². The lowest BCUT2D eigenvalue weighted by Crippen LogP contribution is -2.12. The van der Waals surface area contributed by atoms with E-state index in [1.165, 1.54) is 25.6 Å². The molecule has 0 unspecified atom stereocenters. The molecule has 0 saturated carbocycles. The Morgan fingerprint density at radius 2 is 1.83 bits per heavy atom. The van der Waals surface area contributed by atoms with Crippen molar-refractivity contribution >= 4 is 34.8 Å². The Morgan fingerprint density at radius 3 is 2.38 bits per heavy atom. The summed E-state index contributed by atoms with van der Waals surface area (Å²) in [4.78, 5) is 16.2. The number of anilines is 1. The van der Waals surface area contributed by atoms with Gasteiger partial charge >= 0.3 is 0 Å². The normalized spacial score (nSPS) is 10.5. The van der Waals surface area contributed by atoms with Gasteiger partial charge < -0.3 is 14.5 Å². The molecule has 3 rings (SSSR count). The smallest absolute Gasteiger partial charge is 0.255 e. The third kappa shape index (κ3) is 3.37. The standard InChI is InChI=1S/C17H12Cl2N2O3/c1-23-16-13(18)6-11(7-14(16)19)17(22)21-12-4-2-10(3-5-12)15-8-20-9-24-15/h2-9H,1H3,(H,21,22). The van der Waals surface area contributed by atoms with Crippen LogP contribution in [0.4, 0.5) is 5.69 Å². The summed E-state index contributed by atoms with van der Waals surface area (Å²) < 4.78 is 10.3. The molecular formula is C17H12Cl2N2O3. The molecule has 5 nitrogen and oxygen atoms in total. The van der Waals surface area contributed by atoms with E-state index in [4.69, 9.17) is 32.4 Å². The number of nitrogens with one attached hydrogen (secondary N) is 1. The molecule has 0 aliphatic carbocycles. The molecule has 0 atom stereocenters. The number of ether oxygens (including phenoxy) is 1. The highest BCUT2D eigenvalue weighted by atomic mass is 35.5. The molecule has 1 amide bonds. The van der Waals surface area contributed by atoms with E-state index in [-0.39, 0.29) is 16.0 Å². The van der Waals surface area contributed by atoms with Crippen molar-refractivity contribution in [1.82, 2.24) is 4.98 Å². The van der Waals surface area contributed by atoms with Gasteiger partial charge in [-0.15, -0.1) is 0 Å². The molecule has 1 heterocycles. The summed E-state index contributed by atoms with van der Waals surface area (Å²) in [5, 5.41) is 3.33. The Labute approximate surface area is 148 Å². The van der Waals surface area contributed by atoms with Gasteiger partial charge in [-0.1, -0.05) is 23.2 Å². The maximum absolute atomic E-state index is 12.3. The number of carbonyl (C=O) groups is 1. The summed E-state index contributed by atoms with van der Waals surface area (Å²) in [5.74, 6) is 0.668. The van der Waals surface area contributed by atoms with Gasteiger partial charge in [0.05, 0.1) is 23.4 Å². The van der Waals surface area contributed by atoms with Gasteiger partial charge in [0.1, 0.15) is 0 Å². The van der Waals surface area contributed by atoms with Gasteiger partial charge in [-0.2, -0.15) is 0 Å². The second kappa shape index (κ2) is 6.95. The highest BCUT2D eigenvalue weighted by Crippen LogP contribution is 2.34. The number of nitrogens with zero attached hydrogens (tertiary/aromatic N) is 1. The van der Waals surface area contributed by atoms with Crippen LogP contribution in [0.1, 0.15) is 10.4 Å². The van der Waals surface area contributed by atoms with Crippen LogP contribution in [0.25, 0.3) is 11.3 Å². The maximum atomic E-state index is 12.3. The molecule has 1 aromatic heterocycles. The molecule has 3 aromatic rings. The van der Waals surface area contributed by atoms with Crippen molar-refractivity contribution in [3.05, 3.63) is 64.6 Å². The Balaban J connectivity index is 1.77. The first kappa shape index (κ1) is 16.4. The molecule has 2 aromatic carbocycles. The van der Waals surface area contributed by atoms with Crippen LogP contribution in [-0.2, 0) is 0 Å². The van der Waals surface area contributed by atoms with Crippen LogP contribution in [0, 0.1) is 0 Å². The summed E-state index contributed by atoms with van der Waals surface area (Å²) >= 11 is 12.1. The van der Waals surface area contributed by atoms with Crippen LogP contribution < -0.4 is 10.1 Å². The van der Waals surface area contributed by atoms with Gasteiger partial charge in [0.2, 0.25) is 0 Å². The van der Waals surface area contributed by atoms with Crippen molar-refractivity contribution in [1.29, 1.82) is 0 Å². The second-order valence-corrected chi connectivity index (χ2v) is 5.68. The molecule has 122 valence electrons. The fourth-order valence-corrected chi connectivity index (χ4v) is 2.81. The topological polar surface area (TPSA) is 64.4 Å². The Bertz CT molecular complexity index is 839. The predicted octanol–water partition coefficient (Wildman–Crippen LogP) is 4.91. The summed E-state index contributed by atoms with van der Waals surface area (Å²) in [6, 6.07) is 10.2. The molecule has 0 radical (unpaired) electrons. The number of benzene rings is 2. The van der Waals surface area contributed by atoms with Crippen LogP contribution in [0.3, 0.4) is 0 Å². The van der Waals surface area contributed by atoms with Crippen molar-refractivity contribution in [2.75, 3.05) is 12.4 Å². The van der Waals surface area contributed by atoms with E-state index in [9.17, 15) is 4.79 Å². The second-order valence-electron chi connectivity index (χ2n) is 4.87. The van der Waals surface area contributed by atoms with Crippen LogP contribution in [0.2, 0.25) is 10.0 Å².